The second-order valence-electron chi connectivity index (χ2n) is 7.94. The van der Waals surface area contributed by atoms with Crippen LogP contribution in [0, 0.1) is 11.8 Å². The van der Waals surface area contributed by atoms with Crippen LogP contribution in [-0.4, -0.2) is 64.3 Å². The molecule has 8 nitrogen and oxygen atoms in total. The van der Waals surface area contributed by atoms with Gasteiger partial charge in [0, 0.05) is 25.5 Å². The molecule has 5 rings (SSSR count). The SMILES string of the molecule is O=C(c1cccc2c1OCCO2)N1C[C@H]2C[C@@H](Nc3cnccn3)[C@H](O)C[C@H]2C1. The van der Waals surface area contributed by atoms with Gasteiger partial charge in [0.15, 0.2) is 11.5 Å². The number of aromatic nitrogens is 2. The van der Waals surface area contributed by atoms with Gasteiger partial charge in [0.05, 0.1) is 23.9 Å². The third-order valence-electron chi connectivity index (χ3n) is 6.12. The van der Waals surface area contributed by atoms with E-state index in [2.05, 4.69) is 15.3 Å². The Kier molecular flexibility index (Phi) is 4.71. The van der Waals surface area contributed by atoms with Crippen LogP contribution in [0.25, 0.3) is 0 Å². The van der Waals surface area contributed by atoms with Crippen LogP contribution in [0.5, 0.6) is 11.5 Å². The Labute approximate surface area is 168 Å². The molecule has 29 heavy (non-hydrogen) atoms. The van der Waals surface area contributed by atoms with E-state index in [1.54, 1.807) is 24.7 Å². The molecule has 1 aromatic heterocycles. The standard InChI is InChI=1S/C21H24N4O4/c26-17-9-14-12-25(11-13(14)8-16(17)24-19-10-22-4-5-23-19)21(27)15-2-1-3-18-20(15)29-7-6-28-18/h1-5,10,13-14,16-17,26H,6-9,11-12H2,(H,23,24)/t13-,14+,16-,17-/m1/s1. The number of likely N-dealkylation sites (tertiary alicyclic amines) is 1. The van der Waals surface area contributed by atoms with Crippen molar-refractivity contribution in [2.24, 2.45) is 11.8 Å². The topological polar surface area (TPSA) is 96.8 Å². The van der Waals surface area contributed by atoms with Crippen LogP contribution in [0.1, 0.15) is 23.2 Å². The van der Waals surface area contributed by atoms with Crippen LogP contribution in [0.15, 0.2) is 36.8 Å². The number of aliphatic hydroxyl groups excluding tert-OH is 1. The van der Waals surface area contributed by atoms with Gasteiger partial charge in [-0.15, -0.1) is 0 Å². The summed E-state index contributed by atoms with van der Waals surface area (Å²) in [6.07, 6.45) is 5.88. The summed E-state index contributed by atoms with van der Waals surface area (Å²) in [6.45, 7) is 2.28. The first-order valence-corrected chi connectivity index (χ1v) is 10.1. The third-order valence-corrected chi connectivity index (χ3v) is 6.12. The smallest absolute Gasteiger partial charge is 0.257 e. The summed E-state index contributed by atoms with van der Waals surface area (Å²) in [7, 11) is 0. The largest absolute Gasteiger partial charge is 0.486 e. The van der Waals surface area contributed by atoms with E-state index in [0.717, 1.165) is 6.42 Å². The number of hydrogen-bond donors (Lipinski definition) is 2. The molecule has 1 amide bonds. The Morgan fingerprint density at radius 2 is 1.97 bits per heavy atom. The van der Waals surface area contributed by atoms with Crippen LogP contribution < -0.4 is 14.8 Å². The van der Waals surface area contributed by atoms with Crippen molar-refractivity contribution in [2.45, 2.75) is 25.0 Å². The van der Waals surface area contributed by atoms with Crippen molar-refractivity contribution in [2.75, 3.05) is 31.6 Å². The van der Waals surface area contributed by atoms with Crippen LogP contribution >= 0.6 is 0 Å². The minimum absolute atomic E-state index is 0.0327. The van der Waals surface area contributed by atoms with E-state index in [1.165, 1.54) is 0 Å². The van der Waals surface area contributed by atoms with E-state index in [0.29, 0.717) is 67.4 Å². The second kappa shape index (κ2) is 7.51. The highest BCUT2D eigenvalue weighted by Gasteiger charge is 2.43. The second-order valence-corrected chi connectivity index (χ2v) is 7.94. The van der Waals surface area contributed by atoms with Crippen molar-refractivity contribution in [3.8, 4) is 11.5 Å². The fourth-order valence-corrected chi connectivity index (χ4v) is 4.73. The summed E-state index contributed by atoms with van der Waals surface area (Å²) in [4.78, 5) is 23.4. The van der Waals surface area contributed by atoms with Gasteiger partial charge in [-0.05, 0) is 36.8 Å². The van der Waals surface area contributed by atoms with E-state index in [-0.39, 0.29) is 11.9 Å². The van der Waals surface area contributed by atoms with E-state index in [9.17, 15) is 9.90 Å². The fraction of sp³-hybridized carbons (Fsp3) is 0.476. The minimum atomic E-state index is -0.477. The molecule has 1 aliphatic carbocycles. The molecular formula is C21H24N4O4. The predicted octanol–water partition coefficient (Wildman–Crippen LogP) is 1.57. The van der Waals surface area contributed by atoms with Gasteiger partial charge in [-0.3, -0.25) is 9.78 Å². The van der Waals surface area contributed by atoms with Crippen molar-refractivity contribution >= 4 is 11.7 Å². The molecular weight excluding hydrogens is 372 g/mol. The Balaban J connectivity index is 1.29. The lowest BCUT2D eigenvalue weighted by Gasteiger charge is -2.35. The first kappa shape index (κ1) is 18.2. The number of nitrogens with one attached hydrogen (secondary N) is 1. The Bertz CT molecular complexity index is 894. The van der Waals surface area contributed by atoms with Crippen LogP contribution in [0.4, 0.5) is 5.82 Å². The molecule has 0 spiro atoms. The van der Waals surface area contributed by atoms with E-state index in [4.69, 9.17) is 9.47 Å². The highest BCUT2D eigenvalue weighted by Crippen LogP contribution is 2.40. The zero-order valence-electron chi connectivity index (χ0n) is 16.0. The molecule has 8 heteroatoms. The molecule has 152 valence electrons. The quantitative estimate of drug-likeness (QED) is 0.813. The molecule has 2 fully saturated rings. The average molecular weight is 396 g/mol. The first-order valence-electron chi connectivity index (χ1n) is 10.1. The zero-order chi connectivity index (χ0) is 19.8. The minimum Gasteiger partial charge on any atom is -0.486 e. The van der Waals surface area contributed by atoms with E-state index in [1.807, 2.05) is 17.0 Å². The molecule has 2 N–H and O–H groups in total. The molecule has 0 bridgehead atoms. The number of aliphatic hydroxyl groups is 1. The number of carbonyl (C=O) groups is 1. The van der Waals surface area contributed by atoms with Gasteiger partial charge in [0.1, 0.15) is 19.0 Å². The van der Waals surface area contributed by atoms with Gasteiger partial charge in [-0.1, -0.05) is 6.07 Å². The monoisotopic (exact) mass is 396 g/mol. The summed E-state index contributed by atoms with van der Waals surface area (Å²) in [6, 6.07) is 5.36. The number of para-hydroxylation sites is 1. The summed E-state index contributed by atoms with van der Waals surface area (Å²) in [5, 5.41) is 13.9. The highest BCUT2D eigenvalue weighted by atomic mass is 16.6. The molecule has 0 radical (unpaired) electrons. The number of nitrogens with zero attached hydrogens (tertiary/aromatic N) is 3. The Morgan fingerprint density at radius 1 is 1.14 bits per heavy atom. The normalized spacial score (nSPS) is 28.0. The van der Waals surface area contributed by atoms with Crippen LogP contribution in [0.3, 0.4) is 0 Å². The van der Waals surface area contributed by atoms with Crippen molar-refractivity contribution in [3.05, 3.63) is 42.4 Å². The maximum atomic E-state index is 13.2. The molecule has 1 saturated heterocycles. The number of carbonyl (C=O) groups excluding carboxylic acids is 1. The lowest BCUT2D eigenvalue weighted by molar-refractivity contribution is 0.0725. The number of ether oxygens (including phenoxy) is 2. The fourth-order valence-electron chi connectivity index (χ4n) is 4.73. The lowest BCUT2D eigenvalue weighted by Crippen LogP contribution is -2.43. The molecule has 2 aromatic rings. The Hall–Kier alpha value is -2.87. The number of benzene rings is 1. The molecule has 1 aromatic carbocycles. The number of anilines is 1. The maximum absolute atomic E-state index is 13.2. The van der Waals surface area contributed by atoms with Crippen molar-refractivity contribution in [1.82, 2.24) is 14.9 Å². The van der Waals surface area contributed by atoms with E-state index >= 15 is 0 Å². The molecule has 1 saturated carbocycles. The molecule has 2 aliphatic heterocycles. The lowest BCUT2D eigenvalue weighted by atomic mass is 9.77. The number of rotatable bonds is 3. The summed E-state index contributed by atoms with van der Waals surface area (Å²) in [5.74, 6) is 2.44. The van der Waals surface area contributed by atoms with Crippen molar-refractivity contribution in [1.29, 1.82) is 0 Å². The summed E-state index contributed by atoms with van der Waals surface area (Å²) < 4.78 is 11.3. The third kappa shape index (κ3) is 3.48. The molecule has 3 aliphatic rings. The van der Waals surface area contributed by atoms with Gasteiger partial charge in [0.2, 0.25) is 0 Å². The number of fused-ring (bicyclic) bond motifs is 2. The van der Waals surface area contributed by atoms with Crippen molar-refractivity contribution in [3.63, 3.8) is 0 Å². The van der Waals surface area contributed by atoms with Gasteiger partial charge in [-0.2, -0.15) is 0 Å². The van der Waals surface area contributed by atoms with Crippen LogP contribution in [0.2, 0.25) is 0 Å². The first-order chi connectivity index (χ1) is 14.2. The van der Waals surface area contributed by atoms with Gasteiger partial charge >= 0.3 is 0 Å². The Morgan fingerprint density at radius 3 is 2.79 bits per heavy atom. The number of hydrogen-bond acceptors (Lipinski definition) is 7. The highest BCUT2D eigenvalue weighted by molar-refractivity contribution is 5.98. The van der Waals surface area contributed by atoms with Gasteiger partial charge in [0.25, 0.3) is 5.91 Å². The average Bonchev–Trinajstić information content (AvgIpc) is 3.16. The maximum Gasteiger partial charge on any atom is 0.257 e. The van der Waals surface area contributed by atoms with Gasteiger partial charge in [-0.25, -0.2) is 4.98 Å². The van der Waals surface area contributed by atoms with E-state index < -0.39 is 6.10 Å². The van der Waals surface area contributed by atoms with Gasteiger partial charge < -0.3 is 24.8 Å². The number of amides is 1. The van der Waals surface area contributed by atoms with Crippen LogP contribution in [-0.2, 0) is 0 Å². The predicted molar refractivity (Wildman–Crippen MR) is 105 cm³/mol. The molecule has 0 unspecified atom stereocenters. The summed E-state index contributed by atoms with van der Waals surface area (Å²) in [5.41, 5.74) is 0.552. The zero-order valence-corrected chi connectivity index (χ0v) is 16.0. The summed E-state index contributed by atoms with van der Waals surface area (Å²) >= 11 is 0. The van der Waals surface area contributed by atoms with Crippen molar-refractivity contribution < 1.29 is 19.4 Å². The molecule has 4 atom stereocenters. The molecule has 3 heterocycles.